The van der Waals surface area contributed by atoms with Gasteiger partial charge in [0.2, 0.25) is 0 Å². The number of ether oxygens (including phenoxy) is 1. The number of nitrogens with zero attached hydrogens (tertiary/aromatic N) is 1. The number of aryl methyl sites for hydroxylation is 1. The van der Waals surface area contributed by atoms with Gasteiger partial charge in [-0.2, -0.15) is 0 Å². The summed E-state index contributed by atoms with van der Waals surface area (Å²) in [7, 11) is 0. The van der Waals surface area contributed by atoms with E-state index in [2.05, 4.69) is 22.6 Å². The molecule has 1 atom stereocenters. The van der Waals surface area contributed by atoms with Crippen molar-refractivity contribution in [2.45, 2.75) is 13.0 Å². The van der Waals surface area contributed by atoms with Gasteiger partial charge in [0, 0.05) is 10.1 Å². The lowest BCUT2D eigenvalue weighted by Crippen LogP contribution is -2.50. The number of nitrogens with two attached hydrogens (primary N) is 1. The third-order valence-electron chi connectivity index (χ3n) is 3.09. The fourth-order valence-electron chi connectivity index (χ4n) is 1.99. The molecule has 19 heavy (non-hydrogen) atoms. The number of carbonyl (C=O) groups excluding carboxylic acids is 1. The lowest BCUT2D eigenvalue weighted by atomic mass is 10.1. The SMILES string of the molecule is Cc1cccc(C(=O)N2CCOC(C(N)=S)C2)c1I. The number of amides is 1. The maximum absolute atomic E-state index is 12.5. The zero-order valence-electron chi connectivity index (χ0n) is 10.6. The van der Waals surface area contributed by atoms with Gasteiger partial charge >= 0.3 is 0 Å². The number of hydrogen-bond donors (Lipinski definition) is 1. The molecule has 0 spiro atoms. The standard InChI is InChI=1S/C13H15IN2O2S/c1-8-3-2-4-9(11(8)14)13(17)16-5-6-18-10(7-16)12(15)19/h2-4,10H,5-7H2,1H3,(H2,15,19). The molecule has 1 heterocycles. The van der Waals surface area contributed by atoms with Gasteiger partial charge in [-0.1, -0.05) is 24.4 Å². The van der Waals surface area contributed by atoms with Crippen LogP contribution in [-0.4, -0.2) is 41.6 Å². The molecule has 0 aromatic heterocycles. The molecule has 1 fully saturated rings. The maximum Gasteiger partial charge on any atom is 0.255 e. The highest BCUT2D eigenvalue weighted by molar-refractivity contribution is 14.1. The number of morpholine rings is 1. The Morgan fingerprint density at radius 3 is 3.00 bits per heavy atom. The van der Waals surface area contributed by atoms with E-state index in [0.29, 0.717) is 24.7 Å². The second-order valence-electron chi connectivity index (χ2n) is 4.45. The normalized spacial score (nSPS) is 19.3. The second kappa shape index (κ2) is 6.15. The lowest BCUT2D eigenvalue weighted by molar-refractivity contribution is 0.00873. The zero-order valence-corrected chi connectivity index (χ0v) is 13.5. The molecule has 1 unspecified atom stereocenters. The van der Waals surface area contributed by atoms with Gasteiger partial charge in [-0.05, 0) is 41.1 Å². The van der Waals surface area contributed by atoms with Crippen LogP contribution in [0.25, 0.3) is 0 Å². The van der Waals surface area contributed by atoms with E-state index in [1.54, 1.807) is 4.90 Å². The van der Waals surface area contributed by atoms with Crippen molar-refractivity contribution in [1.29, 1.82) is 0 Å². The van der Waals surface area contributed by atoms with Crippen LogP contribution in [0.15, 0.2) is 18.2 Å². The van der Waals surface area contributed by atoms with Crippen LogP contribution in [0.1, 0.15) is 15.9 Å². The highest BCUT2D eigenvalue weighted by Gasteiger charge is 2.27. The van der Waals surface area contributed by atoms with Gasteiger partial charge < -0.3 is 15.4 Å². The molecule has 1 aromatic carbocycles. The van der Waals surface area contributed by atoms with Crippen molar-refractivity contribution < 1.29 is 9.53 Å². The van der Waals surface area contributed by atoms with Gasteiger partial charge in [0.05, 0.1) is 18.7 Å². The molecule has 102 valence electrons. The predicted molar refractivity (Wildman–Crippen MR) is 86.3 cm³/mol. The number of carbonyl (C=O) groups is 1. The van der Waals surface area contributed by atoms with Gasteiger partial charge in [0.1, 0.15) is 11.1 Å². The van der Waals surface area contributed by atoms with Crippen molar-refractivity contribution in [1.82, 2.24) is 4.90 Å². The topological polar surface area (TPSA) is 55.6 Å². The van der Waals surface area contributed by atoms with E-state index < -0.39 is 0 Å². The first-order valence-electron chi connectivity index (χ1n) is 5.96. The van der Waals surface area contributed by atoms with Crippen LogP contribution in [0.5, 0.6) is 0 Å². The molecular weight excluding hydrogens is 375 g/mol. The van der Waals surface area contributed by atoms with Crippen LogP contribution in [0.3, 0.4) is 0 Å². The maximum atomic E-state index is 12.5. The monoisotopic (exact) mass is 390 g/mol. The Morgan fingerprint density at radius 2 is 2.32 bits per heavy atom. The van der Waals surface area contributed by atoms with Crippen molar-refractivity contribution in [2.24, 2.45) is 5.73 Å². The van der Waals surface area contributed by atoms with Crippen molar-refractivity contribution in [3.63, 3.8) is 0 Å². The van der Waals surface area contributed by atoms with Crippen LogP contribution in [-0.2, 0) is 4.74 Å². The third kappa shape index (κ3) is 3.24. The fraction of sp³-hybridized carbons (Fsp3) is 0.385. The quantitative estimate of drug-likeness (QED) is 0.618. The highest BCUT2D eigenvalue weighted by atomic mass is 127. The molecule has 1 aromatic rings. The van der Waals surface area contributed by atoms with Gasteiger partial charge in [-0.15, -0.1) is 0 Å². The Bertz CT molecular complexity index is 521. The summed E-state index contributed by atoms with van der Waals surface area (Å²) in [4.78, 5) is 14.6. The van der Waals surface area contributed by atoms with Crippen LogP contribution >= 0.6 is 34.8 Å². The molecule has 1 aliphatic heterocycles. The Kier molecular flexibility index (Phi) is 4.75. The van der Waals surface area contributed by atoms with E-state index in [1.807, 2.05) is 25.1 Å². The van der Waals surface area contributed by atoms with E-state index in [0.717, 1.165) is 14.7 Å². The van der Waals surface area contributed by atoms with Gasteiger partial charge in [0.15, 0.2) is 0 Å². The molecule has 4 nitrogen and oxygen atoms in total. The summed E-state index contributed by atoms with van der Waals surface area (Å²) in [5.41, 5.74) is 7.42. The number of halogens is 1. The minimum atomic E-state index is -0.338. The average Bonchev–Trinajstić information content (AvgIpc) is 2.41. The molecule has 2 N–H and O–H groups in total. The highest BCUT2D eigenvalue weighted by Crippen LogP contribution is 2.19. The van der Waals surface area contributed by atoms with Crippen LogP contribution < -0.4 is 5.73 Å². The van der Waals surface area contributed by atoms with Crippen molar-refractivity contribution >= 4 is 45.7 Å². The second-order valence-corrected chi connectivity index (χ2v) is 6.00. The summed E-state index contributed by atoms with van der Waals surface area (Å²) >= 11 is 7.14. The number of rotatable bonds is 2. The first kappa shape index (κ1) is 14.7. The van der Waals surface area contributed by atoms with E-state index >= 15 is 0 Å². The molecule has 0 aliphatic carbocycles. The Morgan fingerprint density at radius 1 is 1.58 bits per heavy atom. The summed E-state index contributed by atoms with van der Waals surface area (Å²) in [5, 5.41) is 0. The zero-order chi connectivity index (χ0) is 14.0. The molecule has 1 saturated heterocycles. The number of benzene rings is 1. The third-order valence-corrected chi connectivity index (χ3v) is 4.79. The van der Waals surface area contributed by atoms with E-state index in [4.69, 9.17) is 22.7 Å². The van der Waals surface area contributed by atoms with Gasteiger partial charge in [-0.25, -0.2) is 0 Å². The van der Waals surface area contributed by atoms with Crippen LogP contribution in [0, 0.1) is 10.5 Å². The van der Waals surface area contributed by atoms with Crippen molar-refractivity contribution in [3.05, 3.63) is 32.9 Å². The number of hydrogen-bond acceptors (Lipinski definition) is 3. The Labute approximate surface area is 131 Å². The lowest BCUT2D eigenvalue weighted by Gasteiger charge is -2.32. The fourth-order valence-corrected chi connectivity index (χ4v) is 2.72. The summed E-state index contributed by atoms with van der Waals surface area (Å²) in [6.07, 6.45) is -0.338. The average molecular weight is 390 g/mol. The number of thiocarbonyl (C=S) groups is 1. The smallest absolute Gasteiger partial charge is 0.255 e. The summed E-state index contributed by atoms with van der Waals surface area (Å²) in [6, 6.07) is 5.74. The van der Waals surface area contributed by atoms with Crippen LogP contribution in [0.4, 0.5) is 0 Å². The molecule has 6 heteroatoms. The first-order valence-corrected chi connectivity index (χ1v) is 7.44. The first-order chi connectivity index (χ1) is 9.00. The minimum Gasteiger partial charge on any atom is -0.391 e. The van der Waals surface area contributed by atoms with E-state index in [-0.39, 0.29) is 12.0 Å². The summed E-state index contributed by atoms with van der Waals surface area (Å²) < 4.78 is 6.44. The molecule has 1 aliphatic rings. The minimum absolute atomic E-state index is 0.0117. The van der Waals surface area contributed by atoms with Crippen molar-refractivity contribution in [2.75, 3.05) is 19.7 Å². The molecule has 0 radical (unpaired) electrons. The molecular formula is C13H15IN2O2S. The summed E-state index contributed by atoms with van der Waals surface area (Å²) in [5.74, 6) is 0.0117. The molecule has 0 bridgehead atoms. The predicted octanol–water partition coefficient (Wildman–Crippen LogP) is 1.73. The molecule has 1 amide bonds. The van der Waals surface area contributed by atoms with Crippen molar-refractivity contribution in [3.8, 4) is 0 Å². The molecule has 0 saturated carbocycles. The molecule has 2 rings (SSSR count). The van der Waals surface area contributed by atoms with Gasteiger partial charge in [-0.3, -0.25) is 4.79 Å². The van der Waals surface area contributed by atoms with Gasteiger partial charge in [0.25, 0.3) is 5.91 Å². The largest absolute Gasteiger partial charge is 0.391 e. The van der Waals surface area contributed by atoms with E-state index in [1.165, 1.54) is 0 Å². The summed E-state index contributed by atoms with van der Waals surface area (Å²) in [6.45, 7) is 3.46. The van der Waals surface area contributed by atoms with E-state index in [9.17, 15) is 4.79 Å². The Hall–Kier alpha value is -0.730. The Balaban J connectivity index is 2.19. The van der Waals surface area contributed by atoms with Crippen LogP contribution in [0.2, 0.25) is 0 Å².